The number of para-hydroxylation sites is 1. The highest BCUT2D eigenvalue weighted by Gasteiger charge is 2.13. The van der Waals surface area contributed by atoms with Gasteiger partial charge in [-0.05, 0) is 63.4 Å². The van der Waals surface area contributed by atoms with Crippen LogP contribution < -0.4 is 10.6 Å². The van der Waals surface area contributed by atoms with Crippen molar-refractivity contribution in [3.8, 4) is 0 Å². The summed E-state index contributed by atoms with van der Waals surface area (Å²) in [7, 11) is 0. The summed E-state index contributed by atoms with van der Waals surface area (Å²) < 4.78 is 0. The lowest BCUT2D eigenvalue weighted by molar-refractivity contribution is 0.102. The van der Waals surface area contributed by atoms with Crippen molar-refractivity contribution in [1.29, 1.82) is 0 Å². The Morgan fingerprint density at radius 1 is 0.852 bits per heavy atom. The fourth-order valence-corrected chi connectivity index (χ4v) is 3.00. The first-order chi connectivity index (χ1) is 12.8. The topological polar surface area (TPSA) is 66.9 Å². The summed E-state index contributed by atoms with van der Waals surface area (Å²) >= 11 is 0. The molecule has 0 fully saturated rings. The number of amides is 1. The predicted octanol–water partition coefficient (Wildman–Crippen LogP) is 5.01. The van der Waals surface area contributed by atoms with Crippen LogP contribution in [0.4, 0.5) is 17.3 Å². The number of aromatic nitrogens is 2. The van der Waals surface area contributed by atoms with Crippen LogP contribution in [0.1, 0.15) is 38.4 Å². The van der Waals surface area contributed by atoms with Crippen molar-refractivity contribution >= 4 is 23.2 Å². The molecule has 138 valence electrons. The predicted molar refractivity (Wildman–Crippen MR) is 110 cm³/mol. The number of benzene rings is 2. The van der Waals surface area contributed by atoms with Crippen LogP contribution in [0.2, 0.25) is 0 Å². The van der Waals surface area contributed by atoms with Crippen molar-refractivity contribution in [3.63, 3.8) is 0 Å². The van der Waals surface area contributed by atoms with E-state index in [1.807, 2.05) is 71.0 Å². The number of carbonyl (C=O) groups is 1. The van der Waals surface area contributed by atoms with Crippen LogP contribution in [0.25, 0.3) is 0 Å². The van der Waals surface area contributed by atoms with Crippen LogP contribution in [0.3, 0.4) is 0 Å². The molecule has 3 rings (SSSR count). The van der Waals surface area contributed by atoms with Gasteiger partial charge in [-0.2, -0.15) is 0 Å². The molecule has 0 aliphatic heterocycles. The molecule has 5 heteroatoms. The first kappa shape index (κ1) is 18.6. The van der Waals surface area contributed by atoms with Crippen LogP contribution in [0.15, 0.2) is 42.5 Å². The maximum atomic E-state index is 12.7. The second-order valence-electron chi connectivity index (χ2n) is 6.88. The molecule has 3 aromatic rings. The molecule has 0 aliphatic rings. The average Bonchev–Trinajstić information content (AvgIpc) is 2.60. The molecule has 1 heterocycles. The van der Waals surface area contributed by atoms with E-state index >= 15 is 0 Å². The Bertz CT molecular complexity index is 991. The molecule has 2 N–H and O–H groups in total. The average molecular weight is 360 g/mol. The van der Waals surface area contributed by atoms with Crippen LogP contribution in [0, 0.1) is 34.6 Å². The lowest BCUT2D eigenvalue weighted by Crippen LogP contribution is -2.16. The summed E-state index contributed by atoms with van der Waals surface area (Å²) in [6.45, 7) is 9.91. The molecule has 0 atom stereocenters. The lowest BCUT2D eigenvalue weighted by Gasteiger charge is -2.13. The smallest absolute Gasteiger partial charge is 0.274 e. The molecule has 0 radical (unpaired) electrons. The number of anilines is 3. The highest BCUT2D eigenvalue weighted by molar-refractivity contribution is 6.03. The molecule has 1 aromatic heterocycles. The molecule has 27 heavy (non-hydrogen) atoms. The van der Waals surface area contributed by atoms with Crippen molar-refractivity contribution in [2.45, 2.75) is 34.6 Å². The van der Waals surface area contributed by atoms with Gasteiger partial charge in [-0.15, -0.1) is 0 Å². The van der Waals surface area contributed by atoms with E-state index in [1.54, 1.807) is 6.07 Å². The van der Waals surface area contributed by atoms with Crippen LogP contribution in [-0.2, 0) is 0 Å². The minimum Gasteiger partial charge on any atom is -0.324 e. The summed E-state index contributed by atoms with van der Waals surface area (Å²) in [5.41, 5.74) is 7.17. The molecule has 5 nitrogen and oxygen atoms in total. The Morgan fingerprint density at radius 3 is 2.22 bits per heavy atom. The van der Waals surface area contributed by atoms with Gasteiger partial charge in [0.25, 0.3) is 5.91 Å². The van der Waals surface area contributed by atoms with Crippen molar-refractivity contribution < 1.29 is 4.79 Å². The van der Waals surface area contributed by atoms with Crippen LogP contribution in [0.5, 0.6) is 0 Å². The molecule has 2 aromatic carbocycles. The first-order valence-corrected chi connectivity index (χ1v) is 8.91. The van der Waals surface area contributed by atoms with E-state index in [0.717, 1.165) is 39.3 Å². The molecule has 0 bridgehead atoms. The van der Waals surface area contributed by atoms with E-state index in [-0.39, 0.29) is 5.91 Å². The number of rotatable bonds is 4. The second kappa shape index (κ2) is 7.58. The van der Waals surface area contributed by atoms with Gasteiger partial charge in [0.1, 0.15) is 5.69 Å². The summed E-state index contributed by atoms with van der Waals surface area (Å²) in [5, 5.41) is 6.19. The molecular weight excluding hydrogens is 336 g/mol. The summed E-state index contributed by atoms with van der Waals surface area (Å²) in [6, 6.07) is 13.7. The van der Waals surface area contributed by atoms with Crippen molar-refractivity contribution in [1.82, 2.24) is 9.97 Å². The van der Waals surface area contributed by atoms with Crippen LogP contribution >= 0.6 is 0 Å². The minimum atomic E-state index is -0.253. The Morgan fingerprint density at radius 2 is 1.56 bits per heavy atom. The maximum absolute atomic E-state index is 12.7. The Balaban J connectivity index is 1.87. The Kier molecular flexibility index (Phi) is 5.21. The zero-order valence-electron chi connectivity index (χ0n) is 16.3. The number of hydrogen-bond acceptors (Lipinski definition) is 4. The van der Waals surface area contributed by atoms with E-state index in [1.165, 1.54) is 0 Å². The normalized spacial score (nSPS) is 10.6. The van der Waals surface area contributed by atoms with Gasteiger partial charge >= 0.3 is 0 Å². The van der Waals surface area contributed by atoms with Gasteiger partial charge < -0.3 is 10.6 Å². The van der Waals surface area contributed by atoms with Crippen molar-refractivity contribution in [2.24, 2.45) is 0 Å². The Labute approximate surface area is 159 Å². The van der Waals surface area contributed by atoms with E-state index < -0.39 is 0 Å². The zero-order chi connectivity index (χ0) is 19.6. The van der Waals surface area contributed by atoms with Gasteiger partial charge in [-0.3, -0.25) is 4.79 Å². The number of aryl methyl sites for hydroxylation is 5. The molecule has 1 amide bonds. The lowest BCUT2D eigenvalue weighted by atomic mass is 10.1. The third-order valence-electron chi connectivity index (χ3n) is 4.43. The molecule has 0 aliphatic carbocycles. The van der Waals surface area contributed by atoms with Gasteiger partial charge in [0.15, 0.2) is 0 Å². The monoisotopic (exact) mass is 360 g/mol. The highest BCUT2D eigenvalue weighted by atomic mass is 16.1. The quantitative estimate of drug-likeness (QED) is 0.686. The van der Waals surface area contributed by atoms with E-state index in [4.69, 9.17) is 0 Å². The van der Waals surface area contributed by atoms with Gasteiger partial charge in [-0.1, -0.05) is 35.9 Å². The standard InChI is InChI=1S/C22H24N4O/c1-13-9-10-18(16(4)11-13)24-21(27)19-12-17(5)23-22(25-19)26-20-14(2)7-6-8-15(20)3/h6-12H,1-5H3,(H,24,27)(H,23,25,26). The number of nitrogens with zero attached hydrogens (tertiary/aromatic N) is 2. The fraction of sp³-hybridized carbons (Fsp3) is 0.227. The van der Waals surface area contributed by atoms with E-state index in [0.29, 0.717) is 11.6 Å². The third kappa shape index (κ3) is 4.31. The molecular formula is C22H24N4O. The van der Waals surface area contributed by atoms with Gasteiger partial charge in [0.2, 0.25) is 5.95 Å². The second-order valence-corrected chi connectivity index (χ2v) is 6.88. The third-order valence-corrected chi connectivity index (χ3v) is 4.43. The first-order valence-electron chi connectivity index (χ1n) is 8.91. The number of carbonyl (C=O) groups excluding carboxylic acids is 1. The van der Waals surface area contributed by atoms with E-state index in [9.17, 15) is 4.79 Å². The minimum absolute atomic E-state index is 0.253. The molecule has 0 saturated carbocycles. The van der Waals surface area contributed by atoms with Gasteiger partial charge in [-0.25, -0.2) is 9.97 Å². The molecule has 0 saturated heterocycles. The van der Waals surface area contributed by atoms with Gasteiger partial charge in [0, 0.05) is 17.1 Å². The summed E-state index contributed by atoms with van der Waals surface area (Å²) in [5.74, 6) is 0.162. The Hall–Kier alpha value is -3.21. The van der Waals surface area contributed by atoms with Gasteiger partial charge in [0.05, 0.1) is 0 Å². The van der Waals surface area contributed by atoms with Crippen molar-refractivity contribution in [3.05, 3.63) is 76.1 Å². The zero-order valence-corrected chi connectivity index (χ0v) is 16.3. The van der Waals surface area contributed by atoms with E-state index in [2.05, 4.69) is 20.6 Å². The fourth-order valence-electron chi connectivity index (χ4n) is 3.00. The number of nitrogens with one attached hydrogen (secondary N) is 2. The maximum Gasteiger partial charge on any atom is 0.274 e. The SMILES string of the molecule is Cc1ccc(NC(=O)c2cc(C)nc(Nc3c(C)cccc3C)n2)c(C)c1. The highest BCUT2D eigenvalue weighted by Crippen LogP contribution is 2.23. The summed E-state index contributed by atoms with van der Waals surface area (Å²) in [4.78, 5) is 21.6. The number of hydrogen-bond donors (Lipinski definition) is 2. The molecule has 0 unspecified atom stereocenters. The van der Waals surface area contributed by atoms with Crippen LogP contribution in [-0.4, -0.2) is 15.9 Å². The van der Waals surface area contributed by atoms with Crippen molar-refractivity contribution in [2.75, 3.05) is 10.6 Å². The largest absolute Gasteiger partial charge is 0.324 e. The summed E-state index contributed by atoms with van der Waals surface area (Å²) in [6.07, 6.45) is 0. The molecule has 0 spiro atoms.